The Balaban J connectivity index is 2.04. The molecule has 106 valence electrons. The molecule has 20 heavy (non-hydrogen) atoms. The van der Waals surface area contributed by atoms with Gasteiger partial charge in [0.25, 0.3) is 0 Å². The zero-order valence-electron chi connectivity index (χ0n) is 10.7. The van der Waals surface area contributed by atoms with Crippen LogP contribution in [0.15, 0.2) is 36.4 Å². The second-order valence-electron chi connectivity index (χ2n) is 4.70. The summed E-state index contributed by atoms with van der Waals surface area (Å²) in [6, 6.07) is 8.55. The van der Waals surface area contributed by atoms with E-state index < -0.39 is 6.10 Å². The maximum Gasteiger partial charge on any atom is 0.157 e. The lowest BCUT2D eigenvalue weighted by Gasteiger charge is -2.12. The highest BCUT2D eigenvalue weighted by Crippen LogP contribution is 2.27. The Kier molecular flexibility index (Phi) is 4.00. The summed E-state index contributed by atoms with van der Waals surface area (Å²) in [5, 5.41) is 47.4. The first-order valence-electron chi connectivity index (χ1n) is 6.15. The van der Waals surface area contributed by atoms with Gasteiger partial charge in [0.1, 0.15) is 11.5 Å². The van der Waals surface area contributed by atoms with E-state index in [2.05, 4.69) is 0 Å². The van der Waals surface area contributed by atoms with Crippen LogP contribution in [0.25, 0.3) is 0 Å². The first-order chi connectivity index (χ1) is 9.45. The van der Waals surface area contributed by atoms with Crippen molar-refractivity contribution < 1.29 is 25.5 Å². The molecule has 1 atom stereocenters. The monoisotopic (exact) mass is 276 g/mol. The fraction of sp³-hybridized carbons (Fsp3) is 0.200. The number of benzene rings is 2. The zero-order chi connectivity index (χ0) is 14.7. The maximum absolute atomic E-state index is 9.99. The van der Waals surface area contributed by atoms with E-state index in [9.17, 15) is 25.5 Å². The average Bonchev–Trinajstić information content (AvgIpc) is 2.37. The number of hydrogen-bond donors (Lipinski definition) is 5. The molecule has 2 rings (SSSR count). The van der Waals surface area contributed by atoms with Gasteiger partial charge in [0.15, 0.2) is 11.5 Å². The molecule has 0 spiro atoms. The zero-order valence-corrected chi connectivity index (χ0v) is 10.7. The summed E-state index contributed by atoms with van der Waals surface area (Å²) in [6.45, 7) is 0. The van der Waals surface area contributed by atoms with Crippen LogP contribution in [0.1, 0.15) is 11.1 Å². The van der Waals surface area contributed by atoms with Gasteiger partial charge in [-0.05, 0) is 35.7 Å². The van der Waals surface area contributed by atoms with E-state index in [0.29, 0.717) is 11.1 Å². The van der Waals surface area contributed by atoms with Crippen molar-refractivity contribution in [1.29, 1.82) is 0 Å². The predicted molar refractivity (Wildman–Crippen MR) is 73.0 cm³/mol. The molecule has 0 aliphatic heterocycles. The van der Waals surface area contributed by atoms with Gasteiger partial charge < -0.3 is 25.5 Å². The Labute approximate surface area is 116 Å². The van der Waals surface area contributed by atoms with E-state index in [-0.39, 0.29) is 35.8 Å². The normalized spacial score (nSPS) is 12.2. The SMILES string of the molecule is Oc1ccc(CC(O)Cc2ccc(O)c(O)c2)c(O)c1. The third kappa shape index (κ3) is 3.33. The van der Waals surface area contributed by atoms with E-state index in [1.807, 2.05) is 0 Å². The van der Waals surface area contributed by atoms with Gasteiger partial charge in [-0.1, -0.05) is 12.1 Å². The molecule has 0 aliphatic rings. The summed E-state index contributed by atoms with van der Waals surface area (Å²) in [5.41, 5.74) is 1.20. The van der Waals surface area contributed by atoms with Crippen molar-refractivity contribution in [2.24, 2.45) is 0 Å². The molecule has 2 aromatic rings. The van der Waals surface area contributed by atoms with Crippen molar-refractivity contribution >= 4 is 0 Å². The molecule has 5 N–H and O–H groups in total. The molecule has 0 saturated carbocycles. The lowest BCUT2D eigenvalue weighted by atomic mass is 10.0. The number of phenolic OH excluding ortho intramolecular Hbond substituents is 4. The molecule has 0 aromatic heterocycles. The summed E-state index contributed by atoms with van der Waals surface area (Å²) in [7, 11) is 0. The van der Waals surface area contributed by atoms with E-state index in [1.54, 1.807) is 12.1 Å². The van der Waals surface area contributed by atoms with Crippen LogP contribution in [-0.4, -0.2) is 31.6 Å². The van der Waals surface area contributed by atoms with E-state index in [4.69, 9.17) is 0 Å². The Hall–Kier alpha value is -2.40. The van der Waals surface area contributed by atoms with Crippen LogP contribution in [0.2, 0.25) is 0 Å². The fourth-order valence-electron chi connectivity index (χ4n) is 2.02. The quantitative estimate of drug-likeness (QED) is 0.547. The molecule has 1 unspecified atom stereocenters. The highest BCUT2D eigenvalue weighted by atomic mass is 16.3. The highest BCUT2D eigenvalue weighted by Gasteiger charge is 2.11. The number of hydrogen-bond acceptors (Lipinski definition) is 5. The first kappa shape index (κ1) is 14.0. The van der Waals surface area contributed by atoms with Crippen LogP contribution in [0.3, 0.4) is 0 Å². The van der Waals surface area contributed by atoms with Crippen molar-refractivity contribution in [3.63, 3.8) is 0 Å². The molecule has 0 amide bonds. The van der Waals surface area contributed by atoms with E-state index in [0.717, 1.165) is 0 Å². The fourth-order valence-corrected chi connectivity index (χ4v) is 2.02. The molecule has 0 heterocycles. The largest absolute Gasteiger partial charge is 0.508 e. The van der Waals surface area contributed by atoms with Gasteiger partial charge in [-0.3, -0.25) is 0 Å². The Morgan fingerprint density at radius 3 is 2.15 bits per heavy atom. The van der Waals surface area contributed by atoms with Gasteiger partial charge in [0.05, 0.1) is 6.10 Å². The summed E-state index contributed by atoms with van der Waals surface area (Å²) >= 11 is 0. The van der Waals surface area contributed by atoms with Crippen molar-refractivity contribution in [2.75, 3.05) is 0 Å². The van der Waals surface area contributed by atoms with Gasteiger partial charge in [-0.15, -0.1) is 0 Å². The molecule has 5 heteroatoms. The number of aromatic hydroxyl groups is 4. The standard InChI is InChI=1S/C15H16O5/c16-11-3-2-10(14(19)8-11)7-12(17)5-9-1-4-13(18)15(20)6-9/h1-4,6,8,12,16-20H,5,7H2. The minimum absolute atomic E-state index is 0.0378. The number of aliphatic hydroxyl groups is 1. The molecule has 2 aromatic carbocycles. The number of phenols is 4. The van der Waals surface area contributed by atoms with Crippen LogP contribution in [-0.2, 0) is 12.8 Å². The Morgan fingerprint density at radius 1 is 0.750 bits per heavy atom. The average molecular weight is 276 g/mol. The van der Waals surface area contributed by atoms with Gasteiger partial charge in [0.2, 0.25) is 0 Å². The van der Waals surface area contributed by atoms with Crippen molar-refractivity contribution in [2.45, 2.75) is 18.9 Å². The first-order valence-corrected chi connectivity index (χ1v) is 6.15. The van der Waals surface area contributed by atoms with E-state index in [1.165, 1.54) is 24.3 Å². The molecule has 0 aliphatic carbocycles. The van der Waals surface area contributed by atoms with Gasteiger partial charge >= 0.3 is 0 Å². The van der Waals surface area contributed by atoms with E-state index >= 15 is 0 Å². The predicted octanol–water partition coefficient (Wildman–Crippen LogP) is 1.66. The molecular weight excluding hydrogens is 260 g/mol. The highest BCUT2D eigenvalue weighted by molar-refractivity contribution is 5.41. The molecular formula is C15H16O5. The number of aliphatic hydroxyl groups excluding tert-OH is 1. The molecule has 0 fully saturated rings. The third-order valence-corrected chi connectivity index (χ3v) is 3.04. The lowest BCUT2D eigenvalue weighted by Crippen LogP contribution is -2.14. The van der Waals surface area contributed by atoms with Crippen LogP contribution in [0, 0.1) is 0 Å². The second-order valence-corrected chi connectivity index (χ2v) is 4.70. The maximum atomic E-state index is 9.99. The molecule has 5 nitrogen and oxygen atoms in total. The van der Waals surface area contributed by atoms with Crippen LogP contribution < -0.4 is 0 Å². The van der Waals surface area contributed by atoms with Crippen LogP contribution in [0.4, 0.5) is 0 Å². The molecule has 0 radical (unpaired) electrons. The number of rotatable bonds is 4. The second kappa shape index (κ2) is 5.71. The smallest absolute Gasteiger partial charge is 0.157 e. The van der Waals surface area contributed by atoms with Crippen molar-refractivity contribution in [1.82, 2.24) is 0 Å². The topological polar surface area (TPSA) is 101 Å². The summed E-state index contributed by atoms with van der Waals surface area (Å²) in [6.07, 6.45) is -0.267. The Morgan fingerprint density at radius 2 is 1.50 bits per heavy atom. The third-order valence-electron chi connectivity index (χ3n) is 3.04. The van der Waals surface area contributed by atoms with Gasteiger partial charge in [-0.2, -0.15) is 0 Å². The molecule has 0 bridgehead atoms. The van der Waals surface area contributed by atoms with Crippen molar-refractivity contribution in [3.05, 3.63) is 47.5 Å². The minimum Gasteiger partial charge on any atom is -0.508 e. The lowest BCUT2D eigenvalue weighted by molar-refractivity contribution is 0.174. The summed E-state index contributed by atoms with van der Waals surface area (Å²) in [4.78, 5) is 0. The van der Waals surface area contributed by atoms with Crippen molar-refractivity contribution in [3.8, 4) is 23.0 Å². The summed E-state index contributed by atoms with van der Waals surface area (Å²) < 4.78 is 0. The minimum atomic E-state index is -0.755. The van der Waals surface area contributed by atoms with Gasteiger partial charge in [0, 0.05) is 12.5 Å². The molecule has 0 saturated heterocycles. The summed E-state index contributed by atoms with van der Waals surface area (Å²) in [5.74, 6) is -0.552. The van der Waals surface area contributed by atoms with Crippen LogP contribution >= 0.6 is 0 Å². The van der Waals surface area contributed by atoms with Gasteiger partial charge in [-0.25, -0.2) is 0 Å². The van der Waals surface area contributed by atoms with Crippen LogP contribution in [0.5, 0.6) is 23.0 Å². The Bertz CT molecular complexity index is 609.